The first-order chi connectivity index (χ1) is 6.66. The molecule has 2 bridgehead atoms. The van der Waals surface area contributed by atoms with Crippen molar-refractivity contribution in [2.24, 2.45) is 11.8 Å². The average molecular weight is 195 g/mol. The van der Waals surface area contributed by atoms with Crippen LogP contribution in [0, 0.1) is 11.8 Å². The number of hydrogen-bond acceptors (Lipinski definition) is 2. The minimum Gasteiger partial charge on any atom is -0.310 e. The SMILES string of the molecule is CC(C)CCC1C(=O)CC2CCC1N2. The van der Waals surface area contributed by atoms with E-state index in [1.165, 1.54) is 19.3 Å². The van der Waals surface area contributed by atoms with E-state index in [1.807, 2.05) is 0 Å². The Kier molecular flexibility index (Phi) is 2.91. The molecule has 0 aromatic heterocycles. The minimum atomic E-state index is 0.330. The molecule has 0 aliphatic carbocycles. The number of nitrogens with one attached hydrogen (secondary N) is 1. The van der Waals surface area contributed by atoms with E-state index in [-0.39, 0.29) is 0 Å². The van der Waals surface area contributed by atoms with E-state index in [2.05, 4.69) is 19.2 Å². The number of ketones is 1. The monoisotopic (exact) mass is 195 g/mol. The van der Waals surface area contributed by atoms with Crippen LogP contribution in [0.3, 0.4) is 0 Å². The van der Waals surface area contributed by atoms with Crippen LogP contribution in [0.2, 0.25) is 0 Å². The maximum atomic E-state index is 11.8. The van der Waals surface area contributed by atoms with Crippen molar-refractivity contribution < 1.29 is 4.79 Å². The lowest BCUT2D eigenvalue weighted by molar-refractivity contribution is -0.125. The highest BCUT2D eigenvalue weighted by atomic mass is 16.1. The molecular weight excluding hydrogens is 174 g/mol. The van der Waals surface area contributed by atoms with Crippen molar-refractivity contribution in [3.05, 3.63) is 0 Å². The summed E-state index contributed by atoms with van der Waals surface area (Å²) in [7, 11) is 0. The lowest BCUT2D eigenvalue weighted by Crippen LogP contribution is -2.45. The van der Waals surface area contributed by atoms with Crippen LogP contribution < -0.4 is 5.32 Å². The molecule has 3 atom stereocenters. The number of piperidine rings is 1. The summed E-state index contributed by atoms with van der Waals surface area (Å²) in [5.41, 5.74) is 0. The van der Waals surface area contributed by atoms with Crippen LogP contribution in [0.25, 0.3) is 0 Å². The maximum absolute atomic E-state index is 11.8. The zero-order valence-electron chi connectivity index (χ0n) is 9.25. The number of fused-ring (bicyclic) bond motifs is 2. The zero-order valence-corrected chi connectivity index (χ0v) is 9.25. The smallest absolute Gasteiger partial charge is 0.139 e. The van der Waals surface area contributed by atoms with Crippen molar-refractivity contribution in [2.75, 3.05) is 0 Å². The van der Waals surface area contributed by atoms with Crippen molar-refractivity contribution in [2.45, 2.75) is 58.0 Å². The second-order valence-corrected chi connectivity index (χ2v) is 5.30. The van der Waals surface area contributed by atoms with Crippen LogP contribution in [-0.2, 0) is 4.79 Å². The van der Waals surface area contributed by atoms with E-state index in [9.17, 15) is 4.79 Å². The van der Waals surface area contributed by atoms with Gasteiger partial charge in [-0.3, -0.25) is 4.79 Å². The summed E-state index contributed by atoms with van der Waals surface area (Å²) in [6, 6.07) is 1.03. The van der Waals surface area contributed by atoms with Crippen molar-refractivity contribution in [3.8, 4) is 0 Å². The predicted octanol–water partition coefficient (Wildman–Crippen LogP) is 2.13. The van der Waals surface area contributed by atoms with E-state index < -0.39 is 0 Å². The molecule has 2 heterocycles. The topological polar surface area (TPSA) is 29.1 Å². The van der Waals surface area contributed by atoms with Gasteiger partial charge in [-0.2, -0.15) is 0 Å². The third-order valence-corrected chi connectivity index (χ3v) is 3.68. The molecule has 2 heteroatoms. The highest BCUT2D eigenvalue weighted by Crippen LogP contribution is 2.32. The van der Waals surface area contributed by atoms with Gasteiger partial charge in [0.25, 0.3) is 0 Å². The number of rotatable bonds is 3. The summed E-state index contributed by atoms with van der Waals surface area (Å²) >= 11 is 0. The summed E-state index contributed by atoms with van der Waals surface area (Å²) in [6.45, 7) is 4.47. The Bertz CT molecular complexity index is 224. The quantitative estimate of drug-likeness (QED) is 0.747. The Hall–Kier alpha value is -0.370. The Morgan fingerprint density at radius 1 is 1.43 bits per heavy atom. The molecule has 0 aromatic carbocycles. The summed E-state index contributed by atoms with van der Waals surface area (Å²) in [6.07, 6.45) is 5.52. The van der Waals surface area contributed by atoms with Crippen molar-refractivity contribution in [3.63, 3.8) is 0 Å². The van der Waals surface area contributed by atoms with Gasteiger partial charge in [-0.15, -0.1) is 0 Å². The second kappa shape index (κ2) is 4.01. The molecule has 0 aromatic rings. The molecule has 2 aliphatic rings. The molecule has 0 spiro atoms. The van der Waals surface area contributed by atoms with Gasteiger partial charge in [-0.25, -0.2) is 0 Å². The third-order valence-electron chi connectivity index (χ3n) is 3.68. The number of hydrogen-bond donors (Lipinski definition) is 1. The minimum absolute atomic E-state index is 0.330. The highest BCUT2D eigenvalue weighted by molar-refractivity contribution is 5.83. The van der Waals surface area contributed by atoms with Crippen LogP contribution in [0.4, 0.5) is 0 Å². The molecule has 1 N–H and O–H groups in total. The van der Waals surface area contributed by atoms with Crippen LogP contribution in [0.5, 0.6) is 0 Å². The summed E-state index contributed by atoms with van der Waals surface area (Å²) in [5, 5.41) is 3.57. The van der Waals surface area contributed by atoms with Crippen molar-refractivity contribution >= 4 is 5.78 Å². The van der Waals surface area contributed by atoms with Gasteiger partial charge in [0.05, 0.1) is 0 Å². The van der Waals surface area contributed by atoms with Crippen molar-refractivity contribution in [1.82, 2.24) is 5.32 Å². The van der Waals surface area contributed by atoms with Gasteiger partial charge in [-0.1, -0.05) is 20.3 Å². The van der Waals surface area contributed by atoms with Gasteiger partial charge in [0.2, 0.25) is 0 Å². The fourth-order valence-electron chi connectivity index (χ4n) is 2.82. The molecule has 0 saturated carbocycles. The first kappa shape index (κ1) is 10.2. The average Bonchev–Trinajstić information content (AvgIpc) is 2.48. The standard InChI is InChI=1S/C12H21NO/c1-8(2)3-5-10-11-6-4-9(13-11)7-12(10)14/h8-11,13H,3-7H2,1-2H3. The lowest BCUT2D eigenvalue weighted by atomic mass is 9.85. The van der Waals surface area contributed by atoms with Crippen molar-refractivity contribution in [1.29, 1.82) is 0 Å². The summed E-state index contributed by atoms with van der Waals surface area (Å²) in [4.78, 5) is 11.8. The molecule has 2 saturated heterocycles. The number of carbonyl (C=O) groups is 1. The van der Waals surface area contributed by atoms with Crippen LogP contribution >= 0.6 is 0 Å². The number of Topliss-reactive ketones (excluding diaryl/α,β-unsaturated/α-hetero) is 1. The van der Waals surface area contributed by atoms with Gasteiger partial charge in [0.1, 0.15) is 5.78 Å². The fraction of sp³-hybridized carbons (Fsp3) is 0.917. The summed E-state index contributed by atoms with van der Waals surface area (Å²) in [5.74, 6) is 1.58. The first-order valence-electron chi connectivity index (χ1n) is 5.95. The molecule has 2 aliphatic heterocycles. The van der Waals surface area contributed by atoms with E-state index in [0.29, 0.717) is 23.8 Å². The van der Waals surface area contributed by atoms with Crippen LogP contribution in [-0.4, -0.2) is 17.9 Å². The van der Waals surface area contributed by atoms with E-state index >= 15 is 0 Å². The van der Waals surface area contributed by atoms with Gasteiger partial charge in [-0.05, 0) is 25.2 Å². The molecule has 2 nitrogen and oxygen atoms in total. The highest BCUT2D eigenvalue weighted by Gasteiger charge is 2.39. The van der Waals surface area contributed by atoms with Gasteiger partial charge >= 0.3 is 0 Å². The molecule has 2 fully saturated rings. The predicted molar refractivity (Wildman–Crippen MR) is 57.1 cm³/mol. The molecule has 0 amide bonds. The van der Waals surface area contributed by atoms with Crippen LogP contribution in [0.15, 0.2) is 0 Å². The largest absolute Gasteiger partial charge is 0.310 e. The Labute approximate surface area is 86.5 Å². The van der Waals surface area contributed by atoms with Gasteiger partial charge < -0.3 is 5.32 Å². The van der Waals surface area contributed by atoms with Crippen LogP contribution in [0.1, 0.15) is 46.0 Å². The zero-order chi connectivity index (χ0) is 10.1. The molecule has 0 radical (unpaired) electrons. The van der Waals surface area contributed by atoms with E-state index in [0.717, 1.165) is 18.8 Å². The molecule has 2 rings (SSSR count). The Morgan fingerprint density at radius 2 is 2.21 bits per heavy atom. The molecule has 14 heavy (non-hydrogen) atoms. The molecule has 80 valence electrons. The maximum Gasteiger partial charge on any atom is 0.139 e. The second-order valence-electron chi connectivity index (χ2n) is 5.30. The Morgan fingerprint density at radius 3 is 2.93 bits per heavy atom. The van der Waals surface area contributed by atoms with E-state index in [1.54, 1.807) is 0 Å². The van der Waals surface area contributed by atoms with Gasteiger partial charge in [0, 0.05) is 24.4 Å². The molecular formula is C12H21NO. The summed E-state index contributed by atoms with van der Waals surface area (Å²) < 4.78 is 0. The Balaban J connectivity index is 1.92. The first-order valence-corrected chi connectivity index (χ1v) is 5.95. The number of carbonyl (C=O) groups excluding carboxylic acids is 1. The van der Waals surface area contributed by atoms with E-state index in [4.69, 9.17) is 0 Å². The molecule has 3 unspecified atom stereocenters. The lowest BCUT2D eigenvalue weighted by Gasteiger charge is -2.29. The normalized spacial score (nSPS) is 36.8. The third kappa shape index (κ3) is 2.00. The van der Waals surface area contributed by atoms with Gasteiger partial charge in [0.15, 0.2) is 0 Å². The fourth-order valence-corrected chi connectivity index (χ4v) is 2.82.